The third kappa shape index (κ3) is 3.89. The molecule has 2 heterocycles. The van der Waals surface area contributed by atoms with Crippen molar-refractivity contribution in [2.75, 3.05) is 24.6 Å². The molecule has 0 radical (unpaired) electrons. The number of ether oxygens (including phenoxy) is 2. The Morgan fingerprint density at radius 1 is 1.02 bits per heavy atom. The predicted molar refractivity (Wildman–Crippen MR) is 160 cm³/mol. The quantitative estimate of drug-likeness (QED) is 0.196. The second kappa shape index (κ2) is 10.5. The number of phenols is 1. The number of hydrogen-bond acceptors (Lipinski definition) is 8. The monoisotopic (exact) mass is 706 g/mol. The highest BCUT2D eigenvalue weighted by Crippen LogP contribution is 2.67. The first kappa shape index (κ1) is 30.4. The van der Waals surface area contributed by atoms with Crippen LogP contribution in [0.5, 0.6) is 17.2 Å². The number of carbonyl (C=O) groups excluding carboxylic acids is 4. The van der Waals surface area contributed by atoms with Crippen molar-refractivity contribution in [1.29, 1.82) is 0 Å². The summed E-state index contributed by atoms with van der Waals surface area (Å²) in [5.41, 5.74) is 0.556. The highest BCUT2D eigenvalue weighted by molar-refractivity contribution is 9.09. The Morgan fingerprint density at radius 3 is 2.27 bits per heavy atom. The van der Waals surface area contributed by atoms with Gasteiger partial charge in [0.1, 0.15) is 17.2 Å². The molecule has 2 aliphatic carbocycles. The number of likely N-dealkylation sites (tertiary alicyclic amines) is 1. The third-order valence-corrected chi connectivity index (χ3v) is 11.1. The van der Waals surface area contributed by atoms with Crippen molar-refractivity contribution in [1.82, 2.24) is 4.90 Å². The van der Waals surface area contributed by atoms with Crippen molar-refractivity contribution >= 4 is 74.4 Å². The predicted octanol–water partition coefficient (Wildman–Crippen LogP) is 4.02. The number of fused-ring (bicyclic) bond motifs is 4. The van der Waals surface area contributed by atoms with Crippen LogP contribution < -0.4 is 14.4 Å². The first-order valence-electron chi connectivity index (χ1n) is 13.5. The molecule has 14 heteroatoms. The van der Waals surface area contributed by atoms with Crippen LogP contribution in [-0.2, 0) is 19.2 Å². The van der Waals surface area contributed by atoms with Crippen LogP contribution in [0.15, 0.2) is 48.0 Å². The smallest absolute Gasteiger partial charge is 0.335 e. The van der Waals surface area contributed by atoms with Gasteiger partial charge < -0.3 is 19.7 Å². The molecule has 3 fully saturated rings. The number of phenolic OH excluding ortho intramolecular Hbond substituents is 1. The minimum atomic E-state index is -2.10. The van der Waals surface area contributed by atoms with E-state index >= 15 is 0 Å². The zero-order valence-electron chi connectivity index (χ0n) is 23.3. The first-order chi connectivity index (χ1) is 20.8. The summed E-state index contributed by atoms with van der Waals surface area (Å²) in [5.74, 6) is -7.68. The van der Waals surface area contributed by atoms with Gasteiger partial charge in [-0.05, 0) is 37.0 Å². The summed E-state index contributed by atoms with van der Waals surface area (Å²) < 4.78 is 11.2. The van der Waals surface area contributed by atoms with Crippen molar-refractivity contribution in [3.8, 4) is 17.2 Å². The molecule has 2 aliphatic heterocycles. The van der Waals surface area contributed by atoms with E-state index in [1.54, 1.807) is 6.08 Å². The molecule has 1 saturated carbocycles. The van der Waals surface area contributed by atoms with E-state index in [-0.39, 0.29) is 52.4 Å². The molecule has 0 aromatic heterocycles. The minimum Gasteiger partial charge on any atom is -0.508 e. The molecule has 2 saturated heterocycles. The van der Waals surface area contributed by atoms with Crippen LogP contribution in [0.1, 0.15) is 34.7 Å². The number of hydrogen-bond donors (Lipinski definition) is 2. The van der Waals surface area contributed by atoms with E-state index in [4.69, 9.17) is 32.7 Å². The van der Waals surface area contributed by atoms with E-state index in [1.165, 1.54) is 50.6 Å². The van der Waals surface area contributed by atoms with Gasteiger partial charge in [0.25, 0.3) is 11.8 Å². The first-order valence-corrected chi connectivity index (χ1v) is 15.4. The Bertz CT molecular complexity index is 1670. The normalized spacial score (nSPS) is 31.0. The van der Waals surface area contributed by atoms with Crippen molar-refractivity contribution in [2.24, 2.45) is 17.8 Å². The van der Waals surface area contributed by atoms with Gasteiger partial charge in [-0.3, -0.25) is 29.0 Å². The van der Waals surface area contributed by atoms with Crippen LogP contribution >= 0.6 is 39.1 Å². The minimum absolute atomic E-state index is 0.0992. The van der Waals surface area contributed by atoms with E-state index in [2.05, 4.69) is 15.9 Å². The number of amides is 4. The number of anilines is 1. The number of carbonyl (C=O) groups is 5. The molecule has 0 spiro atoms. The number of benzene rings is 2. The maximum atomic E-state index is 14.2. The number of halogens is 3. The SMILES string of the molecule is COc1cc(O)cc(OC)c1C1C2=CCC3C(=O)N(c4cccc(C(=O)O)c4)C(=O)C3C2CC2(Cl)C(=O)N(CBr)C(=O)C12Cl. The molecule has 4 aliphatic rings. The number of alkyl halides is 3. The van der Waals surface area contributed by atoms with Gasteiger partial charge in [0.05, 0.1) is 42.8 Å². The maximum absolute atomic E-state index is 14.2. The standard InChI is InChI=1S/C30H25BrCl2N2O9/c1-43-19-9-15(36)10-20(44-2)22(19)23-16-6-7-17-21(18(16)11-29(32)27(41)34(12-31)28(42)30(23,29)33)25(38)35(24(17)37)14-5-3-4-13(8-14)26(39)40/h3-6,8-10,17-18,21,23,36H,7,11-12H2,1-2H3,(H,39,40). The summed E-state index contributed by atoms with van der Waals surface area (Å²) in [6.07, 6.45) is 1.61. The fraction of sp³-hybridized carbons (Fsp3) is 0.367. The fourth-order valence-corrected chi connectivity index (χ4v) is 8.72. The van der Waals surface area contributed by atoms with Crippen LogP contribution in [0.25, 0.3) is 0 Å². The summed E-state index contributed by atoms with van der Waals surface area (Å²) in [4.78, 5) is 65.2. The van der Waals surface area contributed by atoms with Gasteiger partial charge in [-0.2, -0.15) is 0 Å². The van der Waals surface area contributed by atoms with E-state index in [0.29, 0.717) is 5.57 Å². The van der Waals surface area contributed by atoms with Gasteiger partial charge in [0, 0.05) is 23.6 Å². The van der Waals surface area contributed by atoms with Crippen LogP contribution in [0.4, 0.5) is 5.69 Å². The number of methoxy groups -OCH3 is 2. The van der Waals surface area contributed by atoms with Gasteiger partial charge >= 0.3 is 5.97 Å². The average Bonchev–Trinajstić information content (AvgIpc) is 3.34. The van der Waals surface area contributed by atoms with E-state index in [1.807, 2.05) is 0 Å². The van der Waals surface area contributed by atoms with Crippen molar-refractivity contribution in [3.05, 3.63) is 59.2 Å². The Morgan fingerprint density at radius 2 is 1.68 bits per heavy atom. The lowest BCUT2D eigenvalue weighted by Crippen LogP contribution is -2.60. The second-order valence-corrected chi connectivity index (χ2v) is 12.9. The largest absolute Gasteiger partial charge is 0.508 e. The lowest BCUT2D eigenvalue weighted by molar-refractivity contribution is -0.138. The number of aromatic carboxylic acids is 1. The Kier molecular flexibility index (Phi) is 7.25. The number of carboxylic acid groups (broad SMARTS) is 1. The molecule has 2 N–H and O–H groups in total. The number of imide groups is 2. The van der Waals surface area contributed by atoms with Gasteiger partial charge in [0.15, 0.2) is 9.75 Å². The summed E-state index contributed by atoms with van der Waals surface area (Å²) in [6, 6.07) is 8.15. The fourth-order valence-electron chi connectivity index (χ4n) is 7.31. The second-order valence-electron chi connectivity index (χ2n) is 11.1. The average molecular weight is 708 g/mol. The third-order valence-electron chi connectivity index (χ3n) is 9.18. The van der Waals surface area contributed by atoms with Gasteiger partial charge in [0.2, 0.25) is 11.8 Å². The lowest BCUT2D eigenvalue weighted by atomic mass is 9.56. The lowest BCUT2D eigenvalue weighted by Gasteiger charge is -2.51. The number of allylic oxidation sites excluding steroid dienone is 2. The number of carboxylic acids is 1. The molecule has 11 nitrogen and oxygen atoms in total. The molecular weight excluding hydrogens is 683 g/mol. The van der Waals surface area contributed by atoms with Gasteiger partial charge in [-0.1, -0.05) is 33.6 Å². The Balaban J connectivity index is 1.56. The molecular formula is C30H25BrCl2N2O9. The Hall–Kier alpha value is -3.61. The van der Waals surface area contributed by atoms with Crippen LogP contribution in [0, 0.1) is 17.8 Å². The summed E-state index contributed by atoms with van der Waals surface area (Å²) >= 11 is 17.7. The number of aromatic hydroxyl groups is 1. The molecule has 6 atom stereocenters. The van der Waals surface area contributed by atoms with Crippen molar-refractivity contribution < 1.29 is 43.7 Å². The van der Waals surface area contributed by atoms with Crippen LogP contribution in [0.3, 0.4) is 0 Å². The number of rotatable bonds is 6. The van der Waals surface area contributed by atoms with Crippen LogP contribution in [0.2, 0.25) is 0 Å². The highest BCUT2D eigenvalue weighted by Gasteiger charge is 2.76. The molecule has 0 bridgehead atoms. The van der Waals surface area contributed by atoms with Crippen molar-refractivity contribution in [2.45, 2.75) is 28.5 Å². The molecule has 6 unspecified atom stereocenters. The molecule has 2 aromatic rings. The van der Waals surface area contributed by atoms with E-state index < -0.39 is 63.0 Å². The molecule has 44 heavy (non-hydrogen) atoms. The van der Waals surface area contributed by atoms with Crippen LogP contribution in [-0.4, -0.2) is 74.1 Å². The molecule has 6 rings (SSSR count). The summed E-state index contributed by atoms with van der Waals surface area (Å²) in [5, 5.41) is 19.9. The van der Waals surface area contributed by atoms with E-state index in [0.717, 1.165) is 9.80 Å². The van der Waals surface area contributed by atoms with Crippen molar-refractivity contribution in [3.63, 3.8) is 0 Å². The zero-order chi connectivity index (χ0) is 31.9. The molecule has 4 amide bonds. The molecule has 230 valence electrons. The van der Waals surface area contributed by atoms with E-state index in [9.17, 15) is 34.2 Å². The van der Waals surface area contributed by atoms with Gasteiger partial charge in [-0.25, -0.2) is 4.79 Å². The summed E-state index contributed by atoms with van der Waals surface area (Å²) in [7, 11) is 2.71. The maximum Gasteiger partial charge on any atom is 0.335 e. The van der Waals surface area contributed by atoms with Gasteiger partial charge in [-0.15, -0.1) is 23.2 Å². The Labute approximate surface area is 269 Å². The number of nitrogens with zero attached hydrogens (tertiary/aromatic N) is 2. The summed E-state index contributed by atoms with van der Waals surface area (Å²) in [6.45, 7) is 0. The molecule has 2 aromatic carbocycles. The zero-order valence-corrected chi connectivity index (χ0v) is 26.4. The highest BCUT2D eigenvalue weighted by atomic mass is 79.9. The topological polar surface area (TPSA) is 151 Å².